The zero-order chi connectivity index (χ0) is 15.8. The third-order valence-electron chi connectivity index (χ3n) is 3.20. The first-order valence-electron chi connectivity index (χ1n) is 7.91. The van der Waals surface area contributed by atoms with Crippen molar-refractivity contribution in [2.75, 3.05) is 11.9 Å². The molecule has 1 amide bonds. The number of carbonyl (C=O) groups excluding carboxylic acids is 1. The van der Waals surface area contributed by atoms with E-state index in [2.05, 4.69) is 34.4 Å². The van der Waals surface area contributed by atoms with Gasteiger partial charge in [0, 0.05) is 18.5 Å². The minimum Gasteiger partial charge on any atom is -0.382 e. The fourth-order valence-electron chi connectivity index (χ4n) is 2.03. The Morgan fingerprint density at radius 3 is 2.52 bits per heavy atom. The Kier molecular flexibility index (Phi) is 7.12. The standard InChI is InChI=1S/C16H28N4O/c1-6-8-12(5)19-16(21)14-13(17-9-7-2)10-18-15(20-14)11(3)4/h10-12,17H,6-9H2,1-5H3,(H,19,21). The van der Waals surface area contributed by atoms with E-state index < -0.39 is 0 Å². The van der Waals surface area contributed by atoms with Crippen molar-refractivity contribution < 1.29 is 4.79 Å². The maximum Gasteiger partial charge on any atom is 0.272 e. The number of carbonyl (C=O) groups is 1. The van der Waals surface area contributed by atoms with Gasteiger partial charge >= 0.3 is 0 Å². The second-order valence-corrected chi connectivity index (χ2v) is 5.74. The minimum atomic E-state index is -0.126. The van der Waals surface area contributed by atoms with Crippen LogP contribution in [0.2, 0.25) is 0 Å². The van der Waals surface area contributed by atoms with Crippen LogP contribution in [0.5, 0.6) is 0 Å². The van der Waals surface area contributed by atoms with Crippen LogP contribution in [-0.2, 0) is 0 Å². The SMILES string of the molecule is CCCNc1cnc(C(C)C)nc1C(=O)NC(C)CCC. The Hall–Kier alpha value is -1.65. The number of rotatable bonds is 8. The van der Waals surface area contributed by atoms with E-state index in [9.17, 15) is 4.79 Å². The monoisotopic (exact) mass is 292 g/mol. The molecule has 2 N–H and O–H groups in total. The number of hydrogen-bond donors (Lipinski definition) is 2. The van der Waals surface area contributed by atoms with Gasteiger partial charge in [0.05, 0.1) is 11.9 Å². The summed E-state index contributed by atoms with van der Waals surface area (Å²) in [6, 6.07) is 0.152. The molecule has 1 rings (SSSR count). The molecule has 0 aromatic carbocycles. The van der Waals surface area contributed by atoms with Gasteiger partial charge in [0.15, 0.2) is 5.69 Å². The fourth-order valence-corrected chi connectivity index (χ4v) is 2.03. The van der Waals surface area contributed by atoms with Crippen LogP contribution in [0.1, 0.15) is 76.1 Å². The van der Waals surface area contributed by atoms with Crippen molar-refractivity contribution in [1.82, 2.24) is 15.3 Å². The van der Waals surface area contributed by atoms with Crippen LogP contribution in [0.4, 0.5) is 5.69 Å². The third-order valence-corrected chi connectivity index (χ3v) is 3.20. The smallest absolute Gasteiger partial charge is 0.272 e. The molecule has 0 aliphatic heterocycles. The van der Waals surface area contributed by atoms with Gasteiger partial charge in [-0.05, 0) is 19.8 Å². The molecule has 1 atom stereocenters. The number of aromatic nitrogens is 2. The van der Waals surface area contributed by atoms with Gasteiger partial charge in [-0.2, -0.15) is 0 Å². The summed E-state index contributed by atoms with van der Waals surface area (Å²) in [5, 5.41) is 6.24. The Morgan fingerprint density at radius 2 is 1.95 bits per heavy atom. The highest BCUT2D eigenvalue weighted by Gasteiger charge is 2.17. The molecular weight excluding hydrogens is 264 g/mol. The molecule has 5 nitrogen and oxygen atoms in total. The van der Waals surface area contributed by atoms with E-state index in [1.807, 2.05) is 20.8 Å². The van der Waals surface area contributed by atoms with Gasteiger partial charge in [-0.1, -0.05) is 34.1 Å². The Labute approximate surface area is 128 Å². The van der Waals surface area contributed by atoms with Crippen LogP contribution in [0.3, 0.4) is 0 Å². The molecule has 0 saturated carbocycles. The van der Waals surface area contributed by atoms with Crippen molar-refractivity contribution in [3.05, 3.63) is 17.7 Å². The van der Waals surface area contributed by atoms with Gasteiger partial charge in [0.1, 0.15) is 5.82 Å². The lowest BCUT2D eigenvalue weighted by Crippen LogP contribution is -2.34. The third kappa shape index (κ3) is 5.33. The van der Waals surface area contributed by atoms with Crippen molar-refractivity contribution in [3.8, 4) is 0 Å². The molecule has 0 fully saturated rings. The lowest BCUT2D eigenvalue weighted by molar-refractivity contribution is 0.0933. The maximum absolute atomic E-state index is 12.4. The predicted molar refractivity (Wildman–Crippen MR) is 86.7 cm³/mol. The molecule has 0 aliphatic carbocycles. The zero-order valence-electron chi connectivity index (χ0n) is 13.9. The summed E-state index contributed by atoms with van der Waals surface area (Å²) in [6.45, 7) is 11.1. The summed E-state index contributed by atoms with van der Waals surface area (Å²) in [7, 11) is 0. The molecule has 1 aromatic heterocycles. The van der Waals surface area contributed by atoms with Crippen molar-refractivity contribution in [2.24, 2.45) is 0 Å². The van der Waals surface area contributed by atoms with Gasteiger partial charge in [0.25, 0.3) is 5.91 Å². The Bertz CT molecular complexity index is 460. The quantitative estimate of drug-likeness (QED) is 0.771. The zero-order valence-corrected chi connectivity index (χ0v) is 13.9. The summed E-state index contributed by atoms with van der Waals surface area (Å²) < 4.78 is 0. The first-order chi connectivity index (χ1) is 9.99. The second kappa shape index (κ2) is 8.60. The summed E-state index contributed by atoms with van der Waals surface area (Å²) in [5.41, 5.74) is 1.16. The van der Waals surface area contributed by atoms with E-state index >= 15 is 0 Å². The van der Waals surface area contributed by atoms with Crippen LogP contribution in [0.25, 0.3) is 0 Å². The number of hydrogen-bond acceptors (Lipinski definition) is 4. The molecule has 118 valence electrons. The van der Waals surface area contributed by atoms with Crippen LogP contribution in [-0.4, -0.2) is 28.5 Å². The lowest BCUT2D eigenvalue weighted by Gasteiger charge is -2.16. The molecule has 1 unspecified atom stereocenters. The van der Waals surface area contributed by atoms with Crippen LogP contribution >= 0.6 is 0 Å². The van der Waals surface area contributed by atoms with Crippen LogP contribution < -0.4 is 10.6 Å². The molecule has 0 radical (unpaired) electrons. The number of nitrogens with zero attached hydrogens (tertiary/aromatic N) is 2. The van der Waals surface area contributed by atoms with E-state index in [1.165, 1.54) is 0 Å². The van der Waals surface area contributed by atoms with Gasteiger partial charge < -0.3 is 10.6 Å². The summed E-state index contributed by atoms with van der Waals surface area (Å²) in [6.07, 6.45) is 4.71. The van der Waals surface area contributed by atoms with Crippen LogP contribution in [0.15, 0.2) is 6.20 Å². The number of anilines is 1. The van der Waals surface area contributed by atoms with Crippen molar-refractivity contribution >= 4 is 11.6 Å². The maximum atomic E-state index is 12.4. The van der Waals surface area contributed by atoms with Gasteiger partial charge in [-0.3, -0.25) is 4.79 Å². The molecular formula is C16H28N4O. The average molecular weight is 292 g/mol. The van der Waals surface area contributed by atoms with Crippen molar-refractivity contribution in [1.29, 1.82) is 0 Å². The summed E-state index contributed by atoms with van der Waals surface area (Å²) >= 11 is 0. The van der Waals surface area contributed by atoms with E-state index in [-0.39, 0.29) is 17.9 Å². The van der Waals surface area contributed by atoms with Crippen LogP contribution in [0, 0.1) is 0 Å². The minimum absolute atomic E-state index is 0.126. The highest BCUT2D eigenvalue weighted by molar-refractivity contribution is 5.97. The average Bonchev–Trinajstić information content (AvgIpc) is 2.44. The van der Waals surface area contributed by atoms with E-state index in [0.717, 1.165) is 25.8 Å². The van der Waals surface area contributed by atoms with Gasteiger partial charge in [-0.15, -0.1) is 0 Å². The highest BCUT2D eigenvalue weighted by Crippen LogP contribution is 2.16. The first kappa shape index (κ1) is 17.4. The topological polar surface area (TPSA) is 66.9 Å². The molecule has 0 bridgehead atoms. The molecule has 0 aliphatic rings. The lowest BCUT2D eigenvalue weighted by atomic mass is 10.1. The normalized spacial score (nSPS) is 12.3. The molecule has 21 heavy (non-hydrogen) atoms. The largest absolute Gasteiger partial charge is 0.382 e. The number of nitrogens with one attached hydrogen (secondary N) is 2. The second-order valence-electron chi connectivity index (χ2n) is 5.74. The Balaban J connectivity index is 2.98. The fraction of sp³-hybridized carbons (Fsp3) is 0.688. The number of amides is 1. The molecule has 0 saturated heterocycles. The Morgan fingerprint density at radius 1 is 1.24 bits per heavy atom. The van der Waals surface area contributed by atoms with E-state index in [1.54, 1.807) is 6.20 Å². The first-order valence-corrected chi connectivity index (χ1v) is 7.91. The van der Waals surface area contributed by atoms with E-state index in [0.29, 0.717) is 17.2 Å². The van der Waals surface area contributed by atoms with Crippen molar-refractivity contribution in [3.63, 3.8) is 0 Å². The highest BCUT2D eigenvalue weighted by atomic mass is 16.2. The summed E-state index contributed by atoms with van der Waals surface area (Å²) in [4.78, 5) is 21.2. The van der Waals surface area contributed by atoms with Crippen molar-refractivity contribution in [2.45, 2.75) is 65.8 Å². The van der Waals surface area contributed by atoms with Gasteiger partial charge in [0.2, 0.25) is 0 Å². The van der Waals surface area contributed by atoms with E-state index in [4.69, 9.17) is 0 Å². The summed E-state index contributed by atoms with van der Waals surface area (Å²) in [5.74, 6) is 0.772. The molecule has 5 heteroatoms. The predicted octanol–water partition coefficient (Wildman–Crippen LogP) is 3.34. The molecule has 0 spiro atoms. The molecule has 1 aromatic rings. The van der Waals surface area contributed by atoms with Gasteiger partial charge in [-0.25, -0.2) is 9.97 Å². The molecule has 1 heterocycles.